The lowest BCUT2D eigenvalue weighted by atomic mass is 9.96. The zero-order chi connectivity index (χ0) is 23.2. The van der Waals surface area contributed by atoms with E-state index in [4.69, 9.17) is 31.1 Å². The highest BCUT2D eigenvalue weighted by Crippen LogP contribution is 2.58. The van der Waals surface area contributed by atoms with E-state index in [2.05, 4.69) is 9.97 Å². The van der Waals surface area contributed by atoms with Crippen LogP contribution in [0.2, 0.25) is 5.02 Å². The van der Waals surface area contributed by atoms with E-state index in [0.29, 0.717) is 31.2 Å². The molecule has 1 aliphatic heterocycles. The summed E-state index contributed by atoms with van der Waals surface area (Å²) >= 11 is 6.10. The van der Waals surface area contributed by atoms with Gasteiger partial charge in [0.1, 0.15) is 17.7 Å². The van der Waals surface area contributed by atoms with Crippen molar-refractivity contribution in [2.75, 3.05) is 19.7 Å². The molecule has 2 heterocycles. The standard InChI is InChI=1S/C23H22ClFN4O4/c1-22(4-5-22)33-21(30)29-7-6-23(9-15(23)11-29)12-31-19-18(25)20(28-13-27-19)32-17-3-2-14(10-26)8-16(17)24/h2-3,8,13,15H,4-7,9,11-12H2,1H3. The van der Waals surface area contributed by atoms with Crippen molar-refractivity contribution in [3.05, 3.63) is 40.9 Å². The molecule has 2 unspecified atom stereocenters. The number of benzene rings is 1. The molecule has 0 spiro atoms. The zero-order valence-electron chi connectivity index (χ0n) is 18.0. The van der Waals surface area contributed by atoms with E-state index < -0.39 is 5.82 Å². The molecule has 0 N–H and O–H groups in total. The predicted molar refractivity (Wildman–Crippen MR) is 115 cm³/mol. The van der Waals surface area contributed by atoms with Gasteiger partial charge in [0.2, 0.25) is 5.82 Å². The Labute approximate surface area is 195 Å². The fraction of sp³-hybridized carbons (Fsp3) is 0.478. The van der Waals surface area contributed by atoms with Crippen molar-refractivity contribution >= 4 is 17.7 Å². The van der Waals surface area contributed by atoms with E-state index in [9.17, 15) is 9.18 Å². The number of aromatic nitrogens is 2. The Morgan fingerprint density at radius 1 is 1.33 bits per heavy atom. The van der Waals surface area contributed by atoms with E-state index in [0.717, 1.165) is 32.0 Å². The number of ether oxygens (including phenoxy) is 3. The number of nitrogens with zero attached hydrogens (tertiary/aromatic N) is 4. The predicted octanol–water partition coefficient (Wildman–Crippen LogP) is 4.71. The molecule has 0 radical (unpaired) electrons. The summed E-state index contributed by atoms with van der Waals surface area (Å²) in [6, 6.07) is 6.37. The lowest BCUT2D eigenvalue weighted by Gasteiger charge is -2.31. The normalized spacial score (nSPS) is 24.3. The van der Waals surface area contributed by atoms with Gasteiger partial charge in [0.05, 0.1) is 23.3 Å². The summed E-state index contributed by atoms with van der Waals surface area (Å²) in [5.41, 5.74) is -0.0153. The third kappa shape index (κ3) is 4.40. The number of carbonyl (C=O) groups is 1. The van der Waals surface area contributed by atoms with Crippen molar-refractivity contribution in [3.8, 4) is 23.6 Å². The number of fused-ring (bicyclic) bond motifs is 1. The van der Waals surface area contributed by atoms with Crippen LogP contribution < -0.4 is 9.47 Å². The average molecular weight is 473 g/mol. The lowest BCUT2D eigenvalue weighted by Crippen LogP contribution is -2.42. The van der Waals surface area contributed by atoms with Crippen LogP contribution in [0.5, 0.6) is 17.5 Å². The number of hydrogen-bond acceptors (Lipinski definition) is 7. The topological polar surface area (TPSA) is 97.6 Å². The van der Waals surface area contributed by atoms with E-state index in [1.165, 1.54) is 18.2 Å². The maximum absolute atomic E-state index is 14.9. The van der Waals surface area contributed by atoms with Crippen LogP contribution in [0.4, 0.5) is 9.18 Å². The largest absolute Gasteiger partial charge is 0.475 e. The van der Waals surface area contributed by atoms with Gasteiger partial charge in [0.25, 0.3) is 11.8 Å². The molecule has 1 aromatic heterocycles. The molecule has 33 heavy (non-hydrogen) atoms. The quantitative estimate of drug-likeness (QED) is 0.600. The molecule has 3 fully saturated rings. The Balaban J connectivity index is 1.19. The molecule has 2 saturated carbocycles. The second-order valence-corrected chi connectivity index (χ2v) is 9.63. The summed E-state index contributed by atoms with van der Waals surface area (Å²) in [5.74, 6) is -0.885. The Hall–Kier alpha value is -3.12. The molecule has 172 valence electrons. The van der Waals surface area contributed by atoms with Gasteiger partial charge in [-0.2, -0.15) is 19.6 Å². The number of likely N-dealkylation sites (tertiary alicyclic amines) is 1. The van der Waals surface area contributed by atoms with Crippen LogP contribution in [0.25, 0.3) is 0 Å². The Morgan fingerprint density at radius 3 is 2.82 bits per heavy atom. The van der Waals surface area contributed by atoms with Gasteiger partial charge in [-0.3, -0.25) is 0 Å². The first-order valence-corrected chi connectivity index (χ1v) is 11.2. The minimum atomic E-state index is -0.829. The molecular weight excluding hydrogens is 451 g/mol. The summed E-state index contributed by atoms with van der Waals surface area (Å²) in [5, 5.41) is 9.09. The second kappa shape index (κ2) is 8.03. The van der Waals surface area contributed by atoms with E-state index >= 15 is 0 Å². The van der Waals surface area contributed by atoms with Gasteiger partial charge in [0, 0.05) is 18.5 Å². The SMILES string of the molecule is CC1(OC(=O)N2CCC3(COc4ncnc(Oc5ccc(C#N)cc5Cl)c4F)CC3C2)CC1. The van der Waals surface area contributed by atoms with Crippen LogP contribution in [0.15, 0.2) is 24.5 Å². The molecule has 1 saturated heterocycles. The van der Waals surface area contributed by atoms with E-state index in [-0.39, 0.29) is 39.6 Å². The van der Waals surface area contributed by atoms with Crippen molar-refractivity contribution in [1.82, 2.24) is 14.9 Å². The Kier molecular flexibility index (Phi) is 5.28. The summed E-state index contributed by atoms with van der Waals surface area (Å²) < 4.78 is 31.7. The number of amides is 1. The van der Waals surface area contributed by atoms with Gasteiger partial charge in [-0.05, 0) is 56.7 Å². The molecule has 2 aromatic rings. The highest BCUT2D eigenvalue weighted by molar-refractivity contribution is 6.32. The maximum atomic E-state index is 14.9. The molecule has 2 atom stereocenters. The average Bonchev–Trinajstić information content (AvgIpc) is 3.71. The van der Waals surface area contributed by atoms with Gasteiger partial charge in [-0.1, -0.05) is 11.6 Å². The number of piperidine rings is 1. The fourth-order valence-electron chi connectivity index (χ4n) is 4.16. The molecule has 5 rings (SSSR count). The zero-order valence-corrected chi connectivity index (χ0v) is 18.8. The summed E-state index contributed by atoms with van der Waals surface area (Å²) in [7, 11) is 0. The van der Waals surface area contributed by atoms with Crippen molar-refractivity contribution in [1.29, 1.82) is 5.26 Å². The number of halogens is 2. The van der Waals surface area contributed by atoms with Gasteiger partial charge in [0.15, 0.2) is 0 Å². The molecule has 10 heteroatoms. The van der Waals surface area contributed by atoms with Crippen LogP contribution in [0, 0.1) is 28.5 Å². The van der Waals surface area contributed by atoms with Gasteiger partial charge < -0.3 is 19.1 Å². The molecule has 3 aliphatic rings. The first kappa shape index (κ1) is 21.7. The number of rotatable bonds is 6. The third-order valence-electron chi connectivity index (χ3n) is 6.71. The Morgan fingerprint density at radius 2 is 2.12 bits per heavy atom. The number of nitriles is 1. The lowest BCUT2D eigenvalue weighted by molar-refractivity contribution is 0.0437. The highest BCUT2D eigenvalue weighted by Gasteiger charge is 2.58. The van der Waals surface area contributed by atoms with Gasteiger partial charge in [-0.15, -0.1) is 0 Å². The van der Waals surface area contributed by atoms with Crippen molar-refractivity contribution < 1.29 is 23.4 Å². The molecule has 8 nitrogen and oxygen atoms in total. The van der Waals surface area contributed by atoms with Crippen LogP contribution >= 0.6 is 11.6 Å². The summed E-state index contributed by atoms with van der Waals surface area (Å²) in [6.07, 6.45) is 4.42. The summed E-state index contributed by atoms with van der Waals surface area (Å²) in [4.78, 5) is 21.9. The first-order valence-electron chi connectivity index (χ1n) is 10.8. The van der Waals surface area contributed by atoms with Gasteiger partial charge in [-0.25, -0.2) is 4.79 Å². The molecule has 1 aromatic carbocycles. The van der Waals surface area contributed by atoms with E-state index in [1.807, 2.05) is 13.0 Å². The monoisotopic (exact) mass is 472 g/mol. The van der Waals surface area contributed by atoms with E-state index in [1.54, 1.807) is 4.90 Å². The Bertz CT molecular complexity index is 1150. The molecule has 0 bridgehead atoms. The van der Waals surface area contributed by atoms with Crippen LogP contribution in [-0.2, 0) is 4.74 Å². The van der Waals surface area contributed by atoms with Crippen molar-refractivity contribution in [3.63, 3.8) is 0 Å². The van der Waals surface area contributed by atoms with Crippen molar-refractivity contribution in [2.45, 2.75) is 38.2 Å². The fourth-order valence-corrected chi connectivity index (χ4v) is 4.38. The van der Waals surface area contributed by atoms with Crippen LogP contribution in [-0.4, -0.2) is 46.3 Å². The highest BCUT2D eigenvalue weighted by atomic mass is 35.5. The molecule has 1 amide bonds. The minimum Gasteiger partial charge on any atom is -0.475 e. The molecule has 2 aliphatic carbocycles. The van der Waals surface area contributed by atoms with Crippen molar-refractivity contribution in [2.24, 2.45) is 11.3 Å². The van der Waals surface area contributed by atoms with Gasteiger partial charge >= 0.3 is 6.09 Å². The smallest absolute Gasteiger partial charge is 0.410 e. The first-order chi connectivity index (χ1) is 15.8. The minimum absolute atomic E-state index is 0.0882. The second-order valence-electron chi connectivity index (χ2n) is 9.22. The maximum Gasteiger partial charge on any atom is 0.410 e. The van der Waals surface area contributed by atoms with Crippen LogP contribution in [0.3, 0.4) is 0 Å². The number of carbonyl (C=O) groups excluding carboxylic acids is 1. The molecular formula is C23H22ClFN4O4. The van der Waals surface area contributed by atoms with Crippen LogP contribution in [0.1, 0.15) is 38.2 Å². The number of hydrogen-bond donors (Lipinski definition) is 0. The third-order valence-corrected chi connectivity index (χ3v) is 7.01. The summed E-state index contributed by atoms with van der Waals surface area (Å²) in [6.45, 7) is 3.46.